The van der Waals surface area contributed by atoms with Crippen LogP contribution in [0, 0.1) is 0 Å². The standard InChI is InChI=1S/C3H8O12S4.O2S/c4-16(5,6)2-18(10,11)14-1-15-19(12,13)3-17(7,8)9;1-3-2/h1-3H2,(H,4,5,6)(H,7,8,9);. The topological polar surface area (TPSA) is 230 Å². The van der Waals surface area contributed by atoms with E-state index in [-0.39, 0.29) is 0 Å². The van der Waals surface area contributed by atoms with Crippen LogP contribution >= 0.6 is 0 Å². The lowest BCUT2D eigenvalue weighted by atomic mass is 11.6. The molecule has 0 aromatic carbocycles. The Labute approximate surface area is 128 Å². The molecule has 0 amide bonds. The zero-order valence-corrected chi connectivity index (χ0v) is 14.0. The van der Waals surface area contributed by atoms with Crippen LogP contribution in [0.5, 0.6) is 0 Å². The largest absolute Gasteiger partial charge is 0.335 e. The van der Waals surface area contributed by atoms with Crippen LogP contribution in [0.15, 0.2) is 0 Å². The molecule has 0 fully saturated rings. The van der Waals surface area contributed by atoms with Gasteiger partial charge >= 0.3 is 11.6 Å². The van der Waals surface area contributed by atoms with Gasteiger partial charge in [-0.1, -0.05) is 0 Å². The Hall–Kier alpha value is -0.540. The molecule has 0 radical (unpaired) electrons. The van der Waals surface area contributed by atoms with Crippen LogP contribution in [0.25, 0.3) is 0 Å². The van der Waals surface area contributed by atoms with E-state index in [0.717, 1.165) is 0 Å². The van der Waals surface area contributed by atoms with E-state index in [9.17, 15) is 33.7 Å². The van der Waals surface area contributed by atoms with E-state index in [1.54, 1.807) is 0 Å². The summed E-state index contributed by atoms with van der Waals surface area (Å²) in [5.41, 5.74) is 0. The van der Waals surface area contributed by atoms with Gasteiger partial charge in [0.05, 0.1) is 0 Å². The quantitative estimate of drug-likeness (QED) is 0.219. The molecule has 0 aromatic heterocycles. The second-order valence-electron chi connectivity index (χ2n) is 2.94. The van der Waals surface area contributed by atoms with Crippen molar-refractivity contribution < 1.29 is 59.6 Å². The summed E-state index contributed by atoms with van der Waals surface area (Å²) in [6.07, 6.45) is 0. The number of hydrogen-bond donors (Lipinski definition) is 2. The van der Waals surface area contributed by atoms with E-state index in [2.05, 4.69) is 8.37 Å². The fourth-order valence-corrected chi connectivity index (χ4v) is 4.51. The minimum Gasteiger partial charge on any atom is -0.285 e. The highest BCUT2D eigenvalue weighted by molar-refractivity contribution is 8.03. The molecule has 0 aromatic rings. The summed E-state index contributed by atoms with van der Waals surface area (Å²) in [6.45, 7) is -1.56. The van der Waals surface area contributed by atoms with Crippen molar-refractivity contribution in [3.05, 3.63) is 0 Å². The second-order valence-corrected chi connectivity index (χ2v) is 9.99. The van der Waals surface area contributed by atoms with Gasteiger partial charge in [0.15, 0.2) is 6.79 Å². The first-order valence-corrected chi connectivity index (χ1v) is 11.1. The van der Waals surface area contributed by atoms with Crippen molar-refractivity contribution in [3.63, 3.8) is 0 Å². The Bertz CT molecular complexity index is 724. The molecule has 134 valence electrons. The van der Waals surface area contributed by atoms with Gasteiger partial charge in [-0.25, -0.2) is 8.37 Å². The molecule has 2 N–H and O–H groups in total. The maximum Gasteiger partial charge on any atom is 0.335 e. The number of rotatable bonds is 8. The first kappa shape index (κ1) is 23.7. The molecule has 0 spiro atoms. The molecule has 0 unspecified atom stereocenters. The van der Waals surface area contributed by atoms with Crippen LogP contribution in [0.2, 0.25) is 0 Å². The molecule has 0 aliphatic heterocycles. The van der Waals surface area contributed by atoms with Gasteiger partial charge in [0.2, 0.25) is 10.2 Å². The Morgan fingerprint density at radius 2 is 0.909 bits per heavy atom. The van der Waals surface area contributed by atoms with Crippen molar-refractivity contribution in [2.24, 2.45) is 0 Å². The Morgan fingerprint density at radius 1 is 0.682 bits per heavy atom. The van der Waals surface area contributed by atoms with Crippen LogP contribution in [-0.2, 0) is 60.4 Å². The minimum atomic E-state index is -4.93. The molecule has 19 heteroatoms. The zero-order chi connectivity index (χ0) is 18.2. The van der Waals surface area contributed by atoms with Gasteiger partial charge < -0.3 is 0 Å². The molecule has 0 saturated heterocycles. The van der Waals surface area contributed by atoms with Crippen LogP contribution in [0.3, 0.4) is 0 Å². The van der Waals surface area contributed by atoms with Gasteiger partial charge in [0, 0.05) is 0 Å². The second kappa shape index (κ2) is 8.93. The van der Waals surface area contributed by atoms with Crippen LogP contribution in [-0.4, -0.2) is 68.2 Å². The molecule has 0 bridgehead atoms. The van der Waals surface area contributed by atoms with Crippen LogP contribution in [0.4, 0.5) is 0 Å². The summed E-state index contributed by atoms with van der Waals surface area (Å²) >= 11 is -0.750. The lowest BCUT2D eigenvalue weighted by Gasteiger charge is -2.05. The molecular formula is C3H8O14S5. The van der Waals surface area contributed by atoms with Gasteiger partial charge in [-0.05, 0) is 0 Å². The third-order valence-electron chi connectivity index (χ3n) is 1.04. The van der Waals surface area contributed by atoms with E-state index in [4.69, 9.17) is 17.5 Å². The molecule has 14 nitrogen and oxygen atoms in total. The Kier molecular flexibility index (Phi) is 9.63. The monoisotopic (exact) mass is 428 g/mol. The predicted octanol–water partition coefficient (Wildman–Crippen LogP) is -3.34. The Morgan fingerprint density at radius 3 is 1.09 bits per heavy atom. The summed E-state index contributed by atoms with van der Waals surface area (Å²) in [7, 11) is -19.6. The van der Waals surface area contributed by atoms with Crippen molar-refractivity contribution in [1.29, 1.82) is 0 Å². The molecule has 22 heavy (non-hydrogen) atoms. The van der Waals surface area contributed by atoms with Crippen molar-refractivity contribution in [1.82, 2.24) is 0 Å². The zero-order valence-electron chi connectivity index (χ0n) is 9.96. The fraction of sp³-hybridized carbons (Fsp3) is 1.00. The van der Waals surface area contributed by atoms with Gasteiger partial charge in [-0.15, -0.1) is 0 Å². The lowest BCUT2D eigenvalue weighted by Crippen LogP contribution is -2.23. The summed E-state index contributed by atoms with van der Waals surface area (Å²) in [4.78, 5) is 0. The summed E-state index contributed by atoms with van der Waals surface area (Å²) < 4.78 is 125. The molecule has 0 saturated carbocycles. The maximum absolute atomic E-state index is 10.8. The van der Waals surface area contributed by atoms with E-state index in [1.807, 2.05) is 0 Å². The summed E-state index contributed by atoms with van der Waals surface area (Å²) in [5.74, 6) is 0. The summed E-state index contributed by atoms with van der Waals surface area (Å²) in [6, 6.07) is 0. The van der Waals surface area contributed by atoms with Gasteiger partial charge in [-0.3, -0.25) is 9.11 Å². The molecular weight excluding hydrogens is 420 g/mol. The van der Waals surface area contributed by atoms with Crippen molar-refractivity contribution in [2.45, 2.75) is 0 Å². The third kappa shape index (κ3) is 17.5. The number of hydrogen-bond acceptors (Lipinski definition) is 12. The molecule has 0 rings (SSSR count). The van der Waals surface area contributed by atoms with Gasteiger partial charge in [0.1, 0.15) is 0 Å². The Balaban J connectivity index is 0. The van der Waals surface area contributed by atoms with E-state index < -0.39 is 69.0 Å². The van der Waals surface area contributed by atoms with E-state index >= 15 is 0 Å². The minimum absolute atomic E-state index is 0.750. The van der Waals surface area contributed by atoms with Crippen molar-refractivity contribution in [3.8, 4) is 0 Å². The normalized spacial score (nSPS) is 13.0. The van der Waals surface area contributed by atoms with Crippen LogP contribution < -0.4 is 0 Å². The molecule has 0 aliphatic rings. The highest BCUT2D eigenvalue weighted by atomic mass is 32.3. The SMILES string of the molecule is O=S(=O)(O)CS(=O)(=O)OCOS(=O)(=O)CS(=O)(=O)O.O=S=O. The molecule has 0 aliphatic carbocycles. The lowest BCUT2D eigenvalue weighted by molar-refractivity contribution is 0.134. The van der Waals surface area contributed by atoms with Crippen molar-refractivity contribution in [2.75, 3.05) is 17.0 Å². The van der Waals surface area contributed by atoms with E-state index in [1.165, 1.54) is 0 Å². The summed E-state index contributed by atoms with van der Waals surface area (Å²) in [5, 5.41) is -3.69. The van der Waals surface area contributed by atoms with Gasteiger partial charge in [-0.2, -0.15) is 42.1 Å². The average molecular weight is 428 g/mol. The highest BCUT2D eigenvalue weighted by Gasteiger charge is 2.24. The van der Waals surface area contributed by atoms with E-state index in [0.29, 0.717) is 0 Å². The average Bonchev–Trinajstić information content (AvgIpc) is 2.08. The first-order valence-electron chi connectivity index (χ1n) is 4.10. The molecule has 0 atom stereocenters. The van der Waals surface area contributed by atoms with Crippen LogP contribution in [0.1, 0.15) is 0 Å². The maximum atomic E-state index is 10.8. The van der Waals surface area contributed by atoms with Gasteiger partial charge in [0.25, 0.3) is 40.5 Å². The highest BCUT2D eigenvalue weighted by Crippen LogP contribution is 2.02. The fourth-order valence-electron chi connectivity index (χ4n) is 0.599. The van der Waals surface area contributed by atoms with Crippen molar-refractivity contribution >= 4 is 52.0 Å². The first-order chi connectivity index (χ1) is 9.54. The smallest absolute Gasteiger partial charge is 0.285 e. The third-order valence-corrected chi connectivity index (χ3v) is 6.64. The predicted molar refractivity (Wildman–Crippen MR) is 66.6 cm³/mol. The molecule has 0 heterocycles.